The van der Waals surface area contributed by atoms with Gasteiger partial charge in [0.15, 0.2) is 0 Å². The Balaban J connectivity index is 2.42. The average Bonchev–Trinajstić information content (AvgIpc) is 2.43. The Kier molecular flexibility index (Phi) is 4.51. The van der Waals surface area contributed by atoms with E-state index in [0.29, 0.717) is 6.61 Å². The summed E-state index contributed by atoms with van der Waals surface area (Å²) in [5.41, 5.74) is 0.909. The van der Waals surface area contributed by atoms with E-state index in [4.69, 9.17) is 4.74 Å². The molecule has 0 aliphatic rings. The van der Waals surface area contributed by atoms with Crippen molar-refractivity contribution in [3.05, 3.63) is 42.2 Å². The lowest BCUT2D eigenvalue weighted by atomic mass is 9.93. The van der Waals surface area contributed by atoms with E-state index in [0.717, 1.165) is 16.3 Å². The SMILES string of the molecule is CCOC(C(C)C)C(O)c1cccc2cnccc12. The van der Waals surface area contributed by atoms with Gasteiger partial charge >= 0.3 is 0 Å². The van der Waals surface area contributed by atoms with Crippen molar-refractivity contribution in [3.8, 4) is 0 Å². The molecule has 0 aliphatic carbocycles. The highest BCUT2D eigenvalue weighted by atomic mass is 16.5. The topological polar surface area (TPSA) is 42.4 Å². The predicted octanol–water partition coefficient (Wildman–Crippen LogP) is 3.33. The van der Waals surface area contributed by atoms with Crippen LogP contribution in [-0.2, 0) is 4.74 Å². The van der Waals surface area contributed by atoms with E-state index in [1.165, 1.54) is 0 Å². The number of hydrogen-bond donors (Lipinski definition) is 1. The normalized spacial score (nSPS) is 14.8. The molecule has 2 atom stereocenters. The lowest BCUT2D eigenvalue weighted by Crippen LogP contribution is -2.28. The van der Waals surface area contributed by atoms with Crippen LogP contribution in [0.4, 0.5) is 0 Å². The first-order chi connectivity index (χ1) is 9.15. The first-order valence-electron chi connectivity index (χ1n) is 6.77. The molecule has 19 heavy (non-hydrogen) atoms. The lowest BCUT2D eigenvalue weighted by Gasteiger charge is -2.27. The molecule has 0 saturated heterocycles. The van der Waals surface area contributed by atoms with E-state index in [9.17, 15) is 5.11 Å². The molecule has 0 amide bonds. The van der Waals surface area contributed by atoms with Gasteiger partial charge in [-0.2, -0.15) is 0 Å². The Morgan fingerprint density at radius 3 is 2.74 bits per heavy atom. The Morgan fingerprint density at radius 2 is 2.05 bits per heavy atom. The first kappa shape index (κ1) is 14.0. The third-order valence-electron chi connectivity index (χ3n) is 3.36. The first-order valence-corrected chi connectivity index (χ1v) is 6.77. The van der Waals surface area contributed by atoms with E-state index in [1.54, 1.807) is 6.20 Å². The monoisotopic (exact) mass is 259 g/mol. The Hall–Kier alpha value is -1.45. The largest absolute Gasteiger partial charge is 0.386 e. The number of aliphatic hydroxyl groups excluding tert-OH is 1. The molecule has 3 nitrogen and oxygen atoms in total. The van der Waals surface area contributed by atoms with E-state index >= 15 is 0 Å². The molecule has 2 rings (SSSR count). The molecule has 0 radical (unpaired) electrons. The van der Waals surface area contributed by atoms with Gasteiger partial charge < -0.3 is 9.84 Å². The van der Waals surface area contributed by atoms with Gasteiger partial charge in [0.2, 0.25) is 0 Å². The Labute approximate surface area is 114 Å². The molecule has 2 unspecified atom stereocenters. The van der Waals surface area contributed by atoms with Crippen LogP contribution in [-0.4, -0.2) is 22.8 Å². The summed E-state index contributed by atoms with van der Waals surface area (Å²) in [6.45, 7) is 6.69. The molecule has 2 aromatic rings. The number of hydrogen-bond acceptors (Lipinski definition) is 3. The van der Waals surface area contributed by atoms with Crippen LogP contribution in [0.3, 0.4) is 0 Å². The highest BCUT2D eigenvalue weighted by Crippen LogP contribution is 2.29. The number of nitrogens with zero attached hydrogens (tertiary/aromatic N) is 1. The molecule has 1 heterocycles. The van der Waals surface area contributed by atoms with E-state index in [1.807, 2.05) is 37.4 Å². The summed E-state index contributed by atoms with van der Waals surface area (Å²) >= 11 is 0. The zero-order valence-corrected chi connectivity index (χ0v) is 11.7. The number of fused-ring (bicyclic) bond motifs is 1. The van der Waals surface area contributed by atoms with Gasteiger partial charge in [-0.15, -0.1) is 0 Å². The summed E-state index contributed by atoms with van der Waals surface area (Å²) in [6.07, 6.45) is 2.76. The summed E-state index contributed by atoms with van der Waals surface area (Å²) in [7, 11) is 0. The van der Waals surface area contributed by atoms with Crippen LogP contribution < -0.4 is 0 Å². The zero-order valence-electron chi connectivity index (χ0n) is 11.7. The highest BCUT2D eigenvalue weighted by Gasteiger charge is 2.25. The molecular formula is C16H21NO2. The lowest BCUT2D eigenvalue weighted by molar-refractivity contribution is -0.0579. The van der Waals surface area contributed by atoms with Crippen molar-refractivity contribution in [2.24, 2.45) is 5.92 Å². The van der Waals surface area contributed by atoms with Crippen molar-refractivity contribution in [2.75, 3.05) is 6.61 Å². The number of pyridine rings is 1. The van der Waals surface area contributed by atoms with Gasteiger partial charge in [0.25, 0.3) is 0 Å². The van der Waals surface area contributed by atoms with Crippen molar-refractivity contribution in [1.29, 1.82) is 0 Å². The standard InChI is InChI=1S/C16H21NO2/c1-4-19-16(11(2)3)15(18)14-7-5-6-12-10-17-9-8-13(12)14/h5-11,15-16,18H,4H2,1-3H3. The second kappa shape index (κ2) is 6.13. The number of benzene rings is 1. The molecule has 0 fully saturated rings. The minimum absolute atomic E-state index is 0.191. The summed E-state index contributed by atoms with van der Waals surface area (Å²) in [4.78, 5) is 4.12. The number of aliphatic hydroxyl groups is 1. The van der Waals surface area contributed by atoms with Crippen molar-refractivity contribution >= 4 is 10.8 Å². The van der Waals surface area contributed by atoms with Crippen LogP contribution in [0.5, 0.6) is 0 Å². The Bertz CT molecular complexity index is 534. The molecule has 0 saturated carbocycles. The molecule has 1 aromatic heterocycles. The smallest absolute Gasteiger partial charge is 0.106 e. The zero-order chi connectivity index (χ0) is 13.8. The minimum Gasteiger partial charge on any atom is -0.386 e. The Morgan fingerprint density at radius 1 is 1.26 bits per heavy atom. The van der Waals surface area contributed by atoms with Gasteiger partial charge in [-0.25, -0.2) is 0 Å². The van der Waals surface area contributed by atoms with Crippen LogP contribution in [0, 0.1) is 5.92 Å². The number of aromatic nitrogens is 1. The van der Waals surface area contributed by atoms with Crippen LogP contribution in [0.1, 0.15) is 32.4 Å². The van der Waals surface area contributed by atoms with Crippen LogP contribution in [0.15, 0.2) is 36.7 Å². The van der Waals surface area contributed by atoms with E-state index in [2.05, 4.69) is 18.8 Å². The van der Waals surface area contributed by atoms with Gasteiger partial charge in [-0.1, -0.05) is 32.0 Å². The van der Waals surface area contributed by atoms with Crippen molar-refractivity contribution in [3.63, 3.8) is 0 Å². The average molecular weight is 259 g/mol. The van der Waals surface area contributed by atoms with Gasteiger partial charge in [-0.05, 0) is 29.9 Å². The van der Waals surface area contributed by atoms with E-state index in [-0.39, 0.29) is 12.0 Å². The second-order valence-corrected chi connectivity index (χ2v) is 5.05. The minimum atomic E-state index is -0.619. The highest BCUT2D eigenvalue weighted by molar-refractivity contribution is 5.85. The summed E-state index contributed by atoms with van der Waals surface area (Å²) < 4.78 is 5.70. The van der Waals surface area contributed by atoms with E-state index < -0.39 is 6.10 Å². The maximum Gasteiger partial charge on any atom is 0.106 e. The second-order valence-electron chi connectivity index (χ2n) is 5.05. The fourth-order valence-electron chi connectivity index (χ4n) is 2.42. The molecule has 102 valence electrons. The number of ether oxygens (including phenoxy) is 1. The van der Waals surface area contributed by atoms with Crippen molar-refractivity contribution < 1.29 is 9.84 Å². The van der Waals surface area contributed by atoms with Crippen LogP contribution >= 0.6 is 0 Å². The molecule has 1 N–H and O–H groups in total. The third kappa shape index (κ3) is 2.94. The van der Waals surface area contributed by atoms with Gasteiger partial charge in [-0.3, -0.25) is 4.98 Å². The molecule has 0 aliphatic heterocycles. The van der Waals surface area contributed by atoms with Crippen LogP contribution in [0.2, 0.25) is 0 Å². The maximum absolute atomic E-state index is 10.6. The number of rotatable bonds is 5. The third-order valence-corrected chi connectivity index (χ3v) is 3.36. The molecule has 0 spiro atoms. The summed E-state index contributed by atoms with van der Waals surface area (Å²) in [5.74, 6) is 0.257. The fraction of sp³-hybridized carbons (Fsp3) is 0.438. The predicted molar refractivity (Wildman–Crippen MR) is 77.0 cm³/mol. The molecule has 3 heteroatoms. The van der Waals surface area contributed by atoms with Gasteiger partial charge in [0, 0.05) is 24.4 Å². The van der Waals surface area contributed by atoms with Gasteiger partial charge in [0.1, 0.15) is 6.10 Å². The fourth-order valence-corrected chi connectivity index (χ4v) is 2.42. The van der Waals surface area contributed by atoms with Crippen molar-refractivity contribution in [1.82, 2.24) is 4.98 Å². The van der Waals surface area contributed by atoms with Crippen molar-refractivity contribution in [2.45, 2.75) is 33.0 Å². The summed E-state index contributed by atoms with van der Waals surface area (Å²) in [6, 6.07) is 7.86. The van der Waals surface area contributed by atoms with Gasteiger partial charge in [0.05, 0.1) is 6.10 Å². The molecule has 0 bridgehead atoms. The quantitative estimate of drug-likeness (QED) is 0.895. The molecular weight excluding hydrogens is 238 g/mol. The molecule has 1 aromatic carbocycles. The maximum atomic E-state index is 10.6. The van der Waals surface area contributed by atoms with Crippen LogP contribution in [0.25, 0.3) is 10.8 Å². The summed E-state index contributed by atoms with van der Waals surface area (Å²) in [5, 5.41) is 12.7.